The summed E-state index contributed by atoms with van der Waals surface area (Å²) in [5, 5.41) is 5.04. The molecule has 5 rings (SSSR count). The van der Waals surface area contributed by atoms with Crippen LogP contribution in [0.1, 0.15) is 56.2 Å². The second kappa shape index (κ2) is 8.16. The number of pyridine rings is 1. The number of rotatable bonds is 4. The van der Waals surface area contributed by atoms with E-state index in [1.807, 2.05) is 65.1 Å². The van der Waals surface area contributed by atoms with E-state index in [-0.39, 0.29) is 21.4 Å². The first-order valence-electron chi connectivity index (χ1n) is 11.7. The van der Waals surface area contributed by atoms with E-state index in [0.717, 1.165) is 22.2 Å². The van der Waals surface area contributed by atoms with Gasteiger partial charge < -0.3 is 4.74 Å². The Morgan fingerprint density at radius 3 is 2.58 bits per heavy atom. The minimum atomic E-state index is -4.24. The third kappa shape index (κ3) is 4.13. The van der Waals surface area contributed by atoms with E-state index in [1.165, 1.54) is 6.07 Å². The Balaban J connectivity index is 1.52. The molecule has 1 aliphatic rings. The Morgan fingerprint density at radius 1 is 1.11 bits per heavy atom. The van der Waals surface area contributed by atoms with Gasteiger partial charge in [-0.3, -0.25) is 4.79 Å². The number of hydrogen-bond acceptors (Lipinski definition) is 6. The fraction of sp³-hybridized carbons (Fsp3) is 0.296. The number of nitrogens with one attached hydrogen (secondary N) is 1. The minimum Gasteiger partial charge on any atom is -0.491 e. The van der Waals surface area contributed by atoms with Crippen LogP contribution in [0.5, 0.6) is 5.75 Å². The summed E-state index contributed by atoms with van der Waals surface area (Å²) >= 11 is 0. The standard InChI is InChI=1S/C27H28N4O4S/c1-26(2,3)17-14-19-24(35-16-27(19,4)5)23(15-17)36(33,34)30-25(32)21-11-10-18-20(29-21)8-6-9-22(18)31-13-7-12-28-31/h6-15H,16H2,1-5H3,(H,30,32). The topological polar surface area (TPSA) is 103 Å². The zero-order valence-corrected chi connectivity index (χ0v) is 21.7. The van der Waals surface area contributed by atoms with Crippen molar-refractivity contribution in [2.45, 2.75) is 50.3 Å². The average Bonchev–Trinajstić information content (AvgIpc) is 3.45. The molecule has 0 unspecified atom stereocenters. The van der Waals surface area contributed by atoms with Gasteiger partial charge in [-0.05, 0) is 47.4 Å². The van der Waals surface area contributed by atoms with E-state index in [0.29, 0.717) is 17.9 Å². The fourth-order valence-electron chi connectivity index (χ4n) is 4.32. The van der Waals surface area contributed by atoms with Gasteiger partial charge in [0, 0.05) is 28.8 Å². The van der Waals surface area contributed by atoms with Crippen LogP contribution in [0.25, 0.3) is 16.6 Å². The Hall–Kier alpha value is -3.72. The summed E-state index contributed by atoms with van der Waals surface area (Å²) in [4.78, 5) is 17.5. The van der Waals surface area contributed by atoms with Gasteiger partial charge >= 0.3 is 0 Å². The summed E-state index contributed by atoms with van der Waals surface area (Å²) in [5.41, 5.74) is 2.37. The lowest BCUT2D eigenvalue weighted by atomic mass is 9.81. The van der Waals surface area contributed by atoms with E-state index in [9.17, 15) is 13.2 Å². The van der Waals surface area contributed by atoms with Crippen molar-refractivity contribution in [2.75, 3.05) is 6.61 Å². The quantitative estimate of drug-likeness (QED) is 0.439. The van der Waals surface area contributed by atoms with E-state index in [1.54, 1.807) is 29.1 Å². The van der Waals surface area contributed by atoms with Crippen molar-refractivity contribution in [3.63, 3.8) is 0 Å². The Bertz CT molecular complexity index is 1600. The number of hydrogen-bond donors (Lipinski definition) is 1. The average molecular weight is 505 g/mol. The van der Waals surface area contributed by atoms with E-state index >= 15 is 0 Å². The van der Waals surface area contributed by atoms with Crippen LogP contribution in [0.3, 0.4) is 0 Å². The van der Waals surface area contributed by atoms with Crippen LogP contribution in [0.4, 0.5) is 0 Å². The molecule has 1 aliphatic heterocycles. The molecule has 3 heterocycles. The molecule has 1 N–H and O–H groups in total. The molecule has 0 atom stereocenters. The molecular formula is C27H28N4O4S. The Kier molecular flexibility index (Phi) is 5.44. The number of ether oxygens (including phenoxy) is 1. The molecular weight excluding hydrogens is 476 g/mol. The lowest BCUT2D eigenvalue weighted by Crippen LogP contribution is -2.32. The van der Waals surface area contributed by atoms with Gasteiger partial charge in [-0.2, -0.15) is 5.10 Å². The molecule has 1 amide bonds. The predicted octanol–water partition coefficient (Wildman–Crippen LogP) is 4.51. The number of sulfonamides is 1. The second-order valence-corrected chi connectivity index (χ2v) is 12.4. The lowest BCUT2D eigenvalue weighted by molar-refractivity contribution is 0.0977. The van der Waals surface area contributed by atoms with Gasteiger partial charge in [0.1, 0.15) is 16.3 Å². The van der Waals surface area contributed by atoms with Crippen LogP contribution in [0, 0.1) is 0 Å². The van der Waals surface area contributed by atoms with Crippen LogP contribution in [-0.2, 0) is 20.9 Å². The minimum absolute atomic E-state index is 0.00596. The van der Waals surface area contributed by atoms with Gasteiger partial charge in [-0.15, -0.1) is 0 Å². The zero-order valence-electron chi connectivity index (χ0n) is 20.9. The summed E-state index contributed by atoms with van der Waals surface area (Å²) in [6.07, 6.45) is 3.49. The molecule has 2 aromatic heterocycles. The lowest BCUT2D eigenvalue weighted by Gasteiger charge is -2.24. The smallest absolute Gasteiger partial charge is 0.283 e. The predicted molar refractivity (Wildman–Crippen MR) is 137 cm³/mol. The van der Waals surface area contributed by atoms with E-state index < -0.39 is 15.9 Å². The van der Waals surface area contributed by atoms with Gasteiger partial charge in [0.15, 0.2) is 0 Å². The zero-order chi connectivity index (χ0) is 25.9. The molecule has 8 nitrogen and oxygen atoms in total. The summed E-state index contributed by atoms with van der Waals surface area (Å²) in [6, 6.07) is 14.1. The number of aromatic nitrogens is 3. The molecule has 9 heteroatoms. The summed E-state index contributed by atoms with van der Waals surface area (Å²) in [7, 11) is -4.24. The maximum absolute atomic E-state index is 13.5. The first-order chi connectivity index (χ1) is 16.9. The first kappa shape index (κ1) is 24.0. The molecule has 0 radical (unpaired) electrons. The highest BCUT2D eigenvalue weighted by Crippen LogP contribution is 2.45. The van der Waals surface area contributed by atoms with Crippen molar-refractivity contribution in [3.8, 4) is 11.4 Å². The van der Waals surface area contributed by atoms with E-state index in [4.69, 9.17) is 4.74 Å². The molecule has 0 fully saturated rings. The number of benzene rings is 2. The first-order valence-corrected chi connectivity index (χ1v) is 13.1. The number of carbonyl (C=O) groups is 1. The monoisotopic (exact) mass is 504 g/mol. The van der Waals surface area contributed by atoms with Crippen LogP contribution in [0.2, 0.25) is 0 Å². The van der Waals surface area contributed by atoms with Crippen molar-refractivity contribution in [1.29, 1.82) is 0 Å². The van der Waals surface area contributed by atoms with Crippen LogP contribution in [0.15, 0.2) is 65.8 Å². The van der Waals surface area contributed by atoms with Crippen molar-refractivity contribution in [2.24, 2.45) is 0 Å². The van der Waals surface area contributed by atoms with Gasteiger partial charge in [0.2, 0.25) is 0 Å². The van der Waals surface area contributed by atoms with Crippen molar-refractivity contribution < 1.29 is 17.9 Å². The fourth-order valence-corrected chi connectivity index (χ4v) is 5.48. The molecule has 0 aliphatic carbocycles. The van der Waals surface area contributed by atoms with Crippen LogP contribution in [-0.4, -0.2) is 35.7 Å². The summed E-state index contributed by atoms with van der Waals surface area (Å²) in [6.45, 7) is 10.4. The van der Waals surface area contributed by atoms with Crippen molar-refractivity contribution in [1.82, 2.24) is 19.5 Å². The van der Waals surface area contributed by atoms with Crippen LogP contribution < -0.4 is 9.46 Å². The Labute approximate surface area is 210 Å². The van der Waals surface area contributed by atoms with Gasteiger partial charge in [0.25, 0.3) is 15.9 Å². The number of carbonyl (C=O) groups excluding carboxylic acids is 1. The maximum atomic E-state index is 13.5. The van der Waals surface area contributed by atoms with Gasteiger partial charge in [-0.1, -0.05) is 46.8 Å². The third-order valence-corrected chi connectivity index (χ3v) is 7.77. The van der Waals surface area contributed by atoms with Crippen molar-refractivity contribution in [3.05, 3.63) is 77.7 Å². The molecule has 186 valence electrons. The highest BCUT2D eigenvalue weighted by atomic mass is 32.2. The maximum Gasteiger partial charge on any atom is 0.283 e. The second-order valence-electron chi connectivity index (χ2n) is 10.7. The van der Waals surface area contributed by atoms with Gasteiger partial charge in [-0.25, -0.2) is 22.8 Å². The molecule has 4 aromatic rings. The van der Waals surface area contributed by atoms with Crippen LogP contribution >= 0.6 is 0 Å². The molecule has 2 aromatic carbocycles. The highest BCUT2D eigenvalue weighted by molar-refractivity contribution is 7.90. The summed E-state index contributed by atoms with van der Waals surface area (Å²) in [5.74, 6) is -0.516. The molecule has 36 heavy (non-hydrogen) atoms. The highest BCUT2D eigenvalue weighted by Gasteiger charge is 2.38. The number of nitrogens with zero attached hydrogens (tertiary/aromatic N) is 3. The molecule has 0 saturated carbocycles. The molecule has 0 bridgehead atoms. The summed E-state index contributed by atoms with van der Waals surface area (Å²) < 4.78 is 36.7. The SMILES string of the molecule is CC(C)(C)c1cc2c(c(S(=O)(=O)NC(=O)c3ccc4c(-n5cccn5)cccc4n3)c1)OCC2(C)C. The largest absolute Gasteiger partial charge is 0.491 e. The third-order valence-electron chi connectivity index (χ3n) is 6.44. The van der Waals surface area contributed by atoms with Gasteiger partial charge in [0.05, 0.1) is 17.8 Å². The van der Waals surface area contributed by atoms with Crippen molar-refractivity contribution >= 4 is 26.8 Å². The number of amides is 1. The molecule has 0 spiro atoms. The molecule has 0 saturated heterocycles. The number of fused-ring (bicyclic) bond motifs is 2. The normalized spacial score (nSPS) is 14.9. The van der Waals surface area contributed by atoms with E-state index in [2.05, 4.69) is 14.8 Å². The Morgan fingerprint density at radius 2 is 1.89 bits per heavy atom.